The van der Waals surface area contributed by atoms with Gasteiger partial charge in [0.05, 0.1) is 10.8 Å². The van der Waals surface area contributed by atoms with Gasteiger partial charge >= 0.3 is 0 Å². The molecule has 6 nitrogen and oxygen atoms in total. The maximum absolute atomic E-state index is 12.7. The highest BCUT2D eigenvalue weighted by Crippen LogP contribution is 2.23. The number of hydrogen-bond donors (Lipinski definition) is 2. The molecular weight excluding hydrogens is 374 g/mol. The van der Waals surface area contributed by atoms with Gasteiger partial charge in [-0.2, -0.15) is 4.31 Å². The van der Waals surface area contributed by atoms with Gasteiger partial charge in [0.25, 0.3) is 0 Å². The van der Waals surface area contributed by atoms with Crippen molar-refractivity contribution in [1.82, 2.24) is 14.9 Å². The van der Waals surface area contributed by atoms with E-state index >= 15 is 0 Å². The first-order valence-corrected chi connectivity index (χ1v) is 10.2. The number of amides is 1. The Balaban J connectivity index is 0.00000243. The third kappa shape index (κ3) is 5.07. The summed E-state index contributed by atoms with van der Waals surface area (Å²) in [5, 5.41) is 6.22. The zero-order valence-corrected chi connectivity index (χ0v) is 16.3. The number of rotatable bonds is 5. The van der Waals surface area contributed by atoms with Crippen molar-refractivity contribution in [2.45, 2.75) is 24.2 Å². The molecule has 2 aliphatic heterocycles. The normalized spacial score (nSPS) is 21.4. The number of halogens is 1. The highest BCUT2D eigenvalue weighted by molar-refractivity contribution is 7.89. The fraction of sp³-hybridized carbons (Fsp3) is 0.500. The zero-order chi connectivity index (χ0) is 17.7. The summed E-state index contributed by atoms with van der Waals surface area (Å²) in [4.78, 5) is 12.8. The Morgan fingerprint density at radius 1 is 1.27 bits per heavy atom. The molecule has 3 rings (SSSR count). The van der Waals surface area contributed by atoms with E-state index in [9.17, 15) is 13.2 Å². The van der Waals surface area contributed by atoms with Crippen molar-refractivity contribution in [3.05, 3.63) is 42.0 Å². The van der Waals surface area contributed by atoms with Gasteiger partial charge in [-0.3, -0.25) is 4.79 Å². The molecule has 26 heavy (non-hydrogen) atoms. The van der Waals surface area contributed by atoms with E-state index in [0.29, 0.717) is 19.5 Å². The lowest BCUT2D eigenvalue weighted by Crippen LogP contribution is -2.45. The van der Waals surface area contributed by atoms with Crippen LogP contribution >= 0.6 is 12.4 Å². The number of carbonyl (C=O) groups excluding carboxylic acids is 1. The number of sulfonamides is 1. The maximum atomic E-state index is 12.7. The van der Waals surface area contributed by atoms with Gasteiger partial charge in [0.15, 0.2) is 0 Å². The van der Waals surface area contributed by atoms with Gasteiger partial charge < -0.3 is 10.6 Å². The summed E-state index contributed by atoms with van der Waals surface area (Å²) < 4.78 is 26.9. The molecule has 2 N–H and O–H groups in total. The molecule has 0 bridgehead atoms. The predicted octanol–water partition coefficient (Wildman–Crippen LogP) is 1.54. The van der Waals surface area contributed by atoms with Gasteiger partial charge in [0.2, 0.25) is 15.9 Å². The van der Waals surface area contributed by atoms with Gasteiger partial charge in [-0.25, -0.2) is 8.42 Å². The molecule has 1 aromatic rings. The Hall–Kier alpha value is -1.41. The second kappa shape index (κ2) is 9.50. The summed E-state index contributed by atoms with van der Waals surface area (Å²) >= 11 is 0. The first kappa shape index (κ1) is 20.9. The number of nitrogens with one attached hydrogen (secondary N) is 2. The highest BCUT2D eigenvalue weighted by atomic mass is 35.5. The number of piperidine rings is 1. The molecule has 1 fully saturated rings. The first-order chi connectivity index (χ1) is 12.1. The van der Waals surface area contributed by atoms with Crippen molar-refractivity contribution < 1.29 is 13.2 Å². The van der Waals surface area contributed by atoms with Crippen LogP contribution in [-0.2, 0) is 14.8 Å². The minimum Gasteiger partial charge on any atom is -0.352 e. The molecule has 2 heterocycles. The molecule has 0 aliphatic carbocycles. The number of benzene rings is 1. The van der Waals surface area contributed by atoms with E-state index in [4.69, 9.17) is 0 Å². The van der Waals surface area contributed by atoms with Crippen molar-refractivity contribution in [2.24, 2.45) is 5.92 Å². The highest BCUT2D eigenvalue weighted by Gasteiger charge is 2.33. The lowest BCUT2D eigenvalue weighted by Gasteiger charge is -2.31. The van der Waals surface area contributed by atoms with E-state index in [1.807, 2.05) is 0 Å². The Labute approximate surface area is 161 Å². The number of nitrogens with zero attached hydrogens (tertiary/aromatic N) is 1. The summed E-state index contributed by atoms with van der Waals surface area (Å²) in [6.45, 7) is 3.07. The first-order valence-electron chi connectivity index (χ1n) is 8.79. The Morgan fingerprint density at radius 3 is 2.73 bits per heavy atom. The fourth-order valence-electron chi connectivity index (χ4n) is 3.29. The average Bonchev–Trinajstić information content (AvgIpc) is 2.67. The van der Waals surface area contributed by atoms with Crippen LogP contribution < -0.4 is 10.6 Å². The van der Waals surface area contributed by atoms with Crippen LogP contribution in [0, 0.1) is 5.92 Å². The van der Waals surface area contributed by atoms with Crippen LogP contribution in [0.1, 0.15) is 19.3 Å². The van der Waals surface area contributed by atoms with Crippen LogP contribution in [0.3, 0.4) is 0 Å². The van der Waals surface area contributed by atoms with E-state index in [1.165, 1.54) is 9.88 Å². The molecular formula is C18H26ClN3O3S. The average molecular weight is 400 g/mol. The van der Waals surface area contributed by atoms with Gasteiger partial charge in [-0.15, -0.1) is 12.4 Å². The lowest BCUT2D eigenvalue weighted by atomic mass is 9.98. The third-order valence-electron chi connectivity index (χ3n) is 4.78. The van der Waals surface area contributed by atoms with Crippen LogP contribution in [-0.4, -0.2) is 51.4 Å². The van der Waals surface area contributed by atoms with Gasteiger partial charge in [-0.05, 0) is 37.9 Å². The second-order valence-electron chi connectivity index (χ2n) is 6.55. The van der Waals surface area contributed by atoms with Crippen LogP contribution in [0.4, 0.5) is 0 Å². The van der Waals surface area contributed by atoms with Crippen molar-refractivity contribution in [3.63, 3.8) is 0 Å². The fourth-order valence-corrected chi connectivity index (χ4v) is 4.84. The molecule has 0 saturated carbocycles. The van der Waals surface area contributed by atoms with E-state index < -0.39 is 10.0 Å². The van der Waals surface area contributed by atoms with Crippen molar-refractivity contribution in [1.29, 1.82) is 0 Å². The predicted molar refractivity (Wildman–Crippen MR) is 104 cm³/mol. The Morgan fingerprint density at radius 2 is 2.04 bits per heavy atom. The SMILES string of the molecule is Cl.O=C(NCC1=CCNCC1)C1CCCN(S(=O)(=O)c2ccccc2)C1. The Kier molecular flexibility index (Phi) is 7.64. The summed E-state index contributed by atoms with van der Waals surface area (Å²) in [5.74, 6) is -0.332. The van der Waals surface area contributed by atoms with Crippen LogP contribution in [0.15, 0.2) is 46.9 Å². The molecule has 1 atom stereocenters. The Bertz CT molecular complexity index is 737. The van der Waals surface area contributed by atoms with E-state index in [0.717, 1.165) is 25.9 Å². The molecule has 1 aromatic carbocycles. The second-order valence-corrected chi connectivity index (χ2v) is 8.49. The third-order valence-corrected chi connectivity index (χ3v) is 6.66. The zero-order valence-electron chi connectivity index (χ0n) is 14.7. The molecule has 144 valence electrons. The van der Waals surface area contributed by atoms with E-state index in [1.54, 1.807) is 30.3 Å². The van der Waals surface area contributed by atoms with Crippen LogP contribution in [0.5, 0.6) is 0 Å². The molecule has 1 saturated heterocycles. The summed E-state index contributed by atoms with van der Waals surface area (Å²) in [6.07, 6.45) is 4.49. The summed E-state index contributed by atoms with van der Waals surface area (Å²) in [5.41, 5.74) is 1.23. The molecule has 0 radical (unpaired) electrons. The topological polar surface area (TPSA) is 78.5 Å². The van der Waals surface area contributed by atoms with E-state index in [-0.39, 0.29) is 35.7 Å². The van der Waals surface area contributed by atoms with Gasteiger partial charge in [0, 0.05) is 26.2 Å². The van der Waals surface area contributed by atoms with Crippen molar-refractivity contribution in [3.8, 4) is 0 Å². The lowest BCUT2D eigenvalue weighted by molar-refractivity contribution is -0.125. The van der Waals surface area contributed by atoms with Crippen LogP contribution in [0.25, 0.3) is 0 Å². The van der Waals surface area contributed by atoms with E-state index in [2.05, 4.69) is 16.7 Å². The van der Waals surface area contributed by atoms with Crippen LogP contribution in [0.2, 0.25) is 0 Å². The summed E-state index contributed by atoms with van der Waals surface area (Å²) in [7, 11) is -3.53. The molecule has 2 aliphatic rings. The largest absolute Gasteiger partial charge is 0.352 e. The molecule has 1 unspecified atom stereocenters. The standard InChI is InChI=1S/C18H25N3O3S.ClH/c22-18(20-13-15-8-10-19-11-9-15)16-5-4-12-21(14-16)25(23,24)17-6-2-1-3-7-17;/h1-3,6-8,16,19H,4-5,9-14H2,(H,20,22);1H. The monoisotopic (exact) mass is 399 g/mol. The smallest absolute Gasteiger partial charge is 0.243 e. The summed E-state index contributed by atoms with van der Waals surface area (Å²) in [6, 6.07) is 8.42. The molecule has 8 heteroatoms. The minimum absolute atomic E-state index is 0. The van der Waals surface area contributed by atoms with Crippen molar-refractivity contribution in [2.75, 3.05) is 32.7 Å². The molecule has 0 spiro atoms. The number of carbonyl (C=O) groups is 1. The molecule has 1 amide bonds. The maximum Gasteiger partial charge on any atom is 0.243 e. The van der Waals surface area contributed by atoms with Crippen molar-refractivity contribution >= 4 is 28.3 Å². The number of hydrogen-bond acceptors (Lipinski definition) is 4. The van der Waals surface area contributed by atoms with Gasteiger partial charge in [0.1, 0.15) is 0 Å². The quantitative estimate of drug-likeness (QED) is 0.736. The van der Waals surface area contributed by atoms with Gasteiger partial charge in [-0.1, -0.05) is 29.8 Å². The molecule has 0 aromatic heterocycles. The minimum atomic E-state index is -3.53.